The molecular formula is C12H10F3N3O2. The third-order valence-corrected chi connectivity index (χ3v) is 2.54. The van der Waals surface area contributed by atoms with Crippen molar-refractivity contribution in [2.45, 2.75) is 12.6 Å². The van der Waals surface area contributed by atoms with Crippen molar-refractivity contribution in [3.63, 3.8) is 0 Å². The summed E-state index contributed by atoms with van der Waals surface area (Å²) in [5.41, 5.74) is 5.05. The second-order valence-corrected chi connectivity index (χ2v) is 4.09. The first kappa shape index (κ1) is 13.9. The zero-order chi connectivity index (χ0) is 14.9. The fraction of sp³-hybridized carbons (Fsp3) is 0.167. The molecule has 0 aliphatic carbocycles. The monoisotopic (exact) mass is 285 g/mol. The Morgan fingerprint density at radius 2 is 1.90 bits per heavy atom. The number of rotatable bonds is 3. The molecule has 0 amide bonds. The number of halogens is 3. The Hall–Kier alpha value is -2.51. The van der Waals surface area contributed by atoms with Gasteiger partial charge >= 0.3 is 12.1 Å². The summed E-state index contributed by atoms with van der Waals surface area (Å²) in [6.07, 6.45) is -5.19. The molecule has 0 unspecified atom stereocenters. The number of hydrogen-bond acceptors (Lipinski definition) is 3. The lowest BCUT2D eigenvalue weighted by atomic mass is 10.2. The number of alkyl halides is 3. The SMILES string of the molecule is Nc1ccc(-n2nc(C(F)(F)F)cc2CC(=O)O)cc1. The van der Waals surface area contributed by atoms with Crippen LogP contribution in [0.5, 0.6) is 0 Å². The average molecular weight is 285 g/mol. The van der Waals surface area contributed by atoms with Crippen molar-refractivity contribution in [2.24, 2.45) is 0 Å². The molecule has 1 heterocycles. The molecule has 0 spiro atoms. The van der Waals surface area contributed by atoms with E-state index in [0.717, 1.165) is 10.7 Å². The summed E-state index contributed by atoms with van der Waals surface area (Å²) in [5.74, 6) is -1.24. The molecule has 0 fully saturated rings. The highest BCUT2D eigenvalue weighted by molar-refractivity contribution is 5.70. The number of nitrogens with two attached hydrogens (primary N) is 1. The summed E-state index contributed by atoms with van der Waals surface area (Å²) in [6.45, 7) is 0. The molecule has 0 saturated carbocycles. The fourth-order valence-corrected chi connectivity index (χ4v) is 1.68. The maximum absolute atomic E-state index is 12.7. The number of aliphatic carboxylic acids is 1. The topological polar surface area (TPSA) is 81.1 Å². The van der Waals surface area contributed by atoms with Gasteiger partial charge in [-0.05, 0) is 30.3 Å². The van der Waals surface area contributed by atoms with Gasteiger partial charge in [-0.15, -0.1) is 0 Å². The minimum Gasteiger partial charge on any atom is -0.481 e. The minimum absolute atomic E-state index is 0.0606. The van der Waals surface area contributed by atoms with Crippen molar-refractivity contribution in [3.8, 4) is 5.69 Å². The van der Waals surface area contributed by atoms with Crippen LogP contribution in [0.25, 0.3) is 5.69 Å². The van der Waals surface area contributed by atoms with Crippen LogP contribution in [0.15, 0.2) is 30.3 Å². The molecular weight excluding hydrogens is 275 g/mol. The van der Waals surface area contributed by atoms with Crippen molar-refractivity contribution in [3.05, 3.63) is 41.7 Å². The molecule has 5 nitrogen and oxygen atoms in total. The average Bonchev–Trinajstić information content (AvgIpc) is 2.73. The van der Waals surface area contributed by atoms with E-state index >= 15 is 0 Å². The molecule has 1 aromatic heterocycles. The smallest absolute Gasteiger partial charge is 0.435 e. The van der Waals surface area contributed by atoms with E-state index in [0.29, 0.717) is 11.4 Å². The van der Waals surface area contributed by atoms with Gasteiger partial charge in [0, 0.05) is 5.69 Å². The molecule has 0 aliphatic rings. The lowest BCUT2D eigenvalue weighted by Gasteiger charge is -2.06. The minimum atomic E-state index is -4.63. The third kappa shape index (κ3) is 2.90. The van der Waals surface area contributed by atoms with Gasteiger partial charge in [0.05, 0.1) is 17.8 Å². The molecule has 8 heteroatoms. The molecule has 106 valence electrons. The zero-order valence-corrected chi connectivity index (χ0v) is 10.1. The van der Waals surface area contributed by atoms with Crippen LogP contribution in [0, 0.1) is 0 Å². The maximum atomic E-state index is 12.7. The largest absolute Gasteiger partial charge is 0.481 e. The number of aromatic nitrogens is 2. The van der Waals surface area contributed by atoms with Crippen molar-refractivity contribution in [1.82, 2.24) is 9.78 Å². The van der Waals surface area contributed by atoms with Crippen LogP contribution in [-0.4, -0.2) is 20.9 Å². The summed E-state index contributed by atoms with van der Waals surface area (Å²) >= 11 is 0. The lowest BCUT2D eigenvalue weighted by molar-refractivity contribution is -0.141. The number of anilines is 1. The molecule has 1 aromatic carbocycles. The van der Waals surface area contributed by atoms with Crippen LogP contribution >= 0.6 is 0 Å². The highest BCUT2D eigenvalue weighted by Crippen LogP contribution is 2.29. The highest BCUT2D eigenvalue weighted by Gasteiger charge is 2.35. The number of nitrogen functional groups attached to an aromatic ring is 1. The van der Waals surface area contributed by atoms with Crippen LogP contribution in [0.1, 0.15) is 11.4 Å². The number of nitrogens with zero attached hydrogens (tertiary/aromatic N) is 2. The fourth-order valence-electron chi connectivity index (χ4n) is 1.68. The van der Waals surface area contributed by atoms with Crippen LogP contribution in [0.2, 0.25) is 0 Å². The van der Waals surface area contributed by atoms with Gasteiger partial charge in [0.1, 0.15) is 0 Å². The van der Waals surface area contributed by atoms with Crippen molar-refractivity contribution in [2.75, 3.05) is 5.73 Å². The summed E-state index contributed by atoms with van der Waals surface area (Å²) < 4.78 is 38.9. The van der Waals surface area contributed by atoms with Crippen LogP contribution in [-0.2, 0) is 17.4 Å². The van der Waals surface area contributed by atoms with Gasteiger partial charge in [-0.25, -0.2) is 4.68 Å². The number of carbonyl (C=O) groups is 1. The molecule has 2 rings (SSSR count). The van der Waals surface area contributed by atoms with E-state index in [1.165, 1.54) is 24.3 Å². The Bertz CT molecular complexity index is 632. The van der Waals surface area contributed by atoms with Gasteiger partial charge < -0.3 is 10.8 Å². The normalized spacial score (nSPS) is 11.6. The number of hydrogen-bond donors (Lipinski definition) is 2. The van der Waals surface area contributed by atoms with E-state index in [-0.39, 0.29) is 5.69 Å². The Labute approximate surface area is 111 Å². The maximum Gasteiger partial charge on any atom is 0.435 e. The van der Waals surface area contributed by atoms with Crippen molar-refractivity contribution < 1.29 is 23.1 Å². The third-order valence-electron chi connectivity index (χ3n) is 2.54. The Morgan fingerprint density at radius 1 is 1.30 bits per heavy atom. The first-order chi connectivity index (χ1) is 9.27. The molecule has 0 saturated heterocycles. The Morgan fingerprint density at radius 3 is 2.40 bits per heavy atom. The standard InChI is InChI=1S/C12H10F3N3O2/c13-12(14,15)10-5-9(6-11(19)20)18(17-10)8-3-1-7(16)2-4-8/h1-5H,6,16H2,(H,19,20). The van der Waals surface area contributed by atoms with Gasteiger partial charge in [0.25, 0.3) is 0 Å². The van der Waals surface area contributed by atoms with E-state index in [1.54, 1.807) is 0 Å². The number of carboxylic acid groups (broad SMARTS) is 1. The molecule has 0 radical (unpaired) electrons. The van der Waals surface area contributed by atoms with Crippen LogP contribution in [0.4, 0.5) is 18.9 Å². The Balaban J connectivity index is 2.52. The quantitative estimate of drug-likeness (QED) is 0.846. The van der Waals surface area contributed by atoms with E-state index < -0.39 is 24.3 Å². The first-order valence-corrected chi connectivity index (χ1v) is 5.51. The van der Waals surface area contributed by atoms with Gasteiger partial charge in [0.2, 0.25) is 0 Å². The summed E-state index contributed by atoms with van der Waals surface area (Å²) in [5, 5.41) is 12.2. The first-order valence-electron chi connectivity index (χ1n) is 5.51. The van der Waals surface area contributed by atoms with Crippen molar-refractivity contribution >= 4 is 11.7 Å². The van der Waals surface area contributed by atoms with Gasteiger partial charge in [-0.1, -0.05) is 0 Å². The molecule has 0 atom stereocenters. The van der Waals surface area contributed by atoms with Gasteiger partial charge in [0.15, 0.2) is 5.69 Å². The molecule has 0 aliphatic heterocycles. The predicted molar refractivity (Wildman–Crippen MR) is 64.3 cm³/mol. The molecule has 3 N–H and O–H groups in total. The van der Waals surface area contributed by atoms with E-state index in [1.807, 2.05) is 0 Å². The molecule has 20 heavy (non-hydrogen) atoms. The van der Waals surface area contributed by atoms with Crippen LogP contribution < -0.4 is 5.73 Å². The van der Waals surface area contributed by atoms with E-state index in [4.69, 9.17) is 10.8 Å². The van der Waals surface area contributed by atoms with E-state index in [2.05, 4.69) is 5.10 Å². The highest BCUT2D eigenvalue weighted by atomic mass is 19.4. The number of benzene rings is 1. The van der Waals surface area contributed by atoms with Gasteiger partial charge in [-0.3, -0.25) is 4.79 Å². The predicted octanol–water partition coefficient (Wildman–Crippen LogP) is 2.10. The summed E-state index contributed by atoms with van der Waals surface area (Å²) in [4.78, 5) is 10.7. The van der Waals surface area contributed by atoms with Crippen LogP contribution in [0.3, 0.4) is 0 Å². The Kier molecular flexibility index (Phi) is 3.39. The summed E-state index contributed by atoms with van der Waals surface area (Å²) in [7, 11) is 0. The second-order valence-electron chi connectivity index (χ2n) is 4.09. The lowest BCUT2D eigenvalue weighted by Crippen LogP contribution is -2.09. The summed E-state index contributed by atoms with van der Waals surface area (Å²) in [6, 6.07) is 6.65. The molecule has 2 aromatic rings. The zero-order valence-electron chi connectivity index (χ0n) is 10.1. The van der Waals surface area contributed by atoms with Gasteiger partial charge in [-0.2, -0.15) is 18.3 Å². The van der Waals surface area contributed by atoms with Crippen molar-refractivity contribution in [1.29, 1.82) is 0 Å². The second kappa shape index (κ2) is 4.87. The van der Waals surface area contributed by atoms with E-state index in [9.17, 15) is 18.0 Å². The number of carboxylic acids is 1. The molecule has 0 bridgehead atoms.